The van der Waals surface area contributed by atoms with Gasteiger partial charge in [0.1, 0.15) is 11.5 Å². The van der Waals surface area contributed by atoms with Gasteiger partial charge in [0, 0.05) is 16.3 Å². The Kier molecular flexibility index (Phi) is 3.56. The number of aromatic nitrogens is 3. The summed E-state index contributed by atoms with van der Waals surface area (Å²) in [6.45, 7) is 0.699. The van der Waals surface area contributed by atoms with E-state index in [1.54, 1.807) is 0 Å². The summed E-state index contributed by atoms with van der Waals surface area (Å²) in [4.78, 5) is 11.5. The molecule has 0 radical (unpaired) electrons. The second-order valence-corrected chi connectivity index (χ2v) is 5.54. The summed E-state index contributed by atoms with van der Waals surface area (Å²) < 4.78 is 1.07. The number of fused-ring (bicyclic) bond motifs is 1. The molecule has 3 aromatic rings. The lowest BCUT2D eigenvalue weighted by molar-refractivity contribution is 1.10. The third kappa shape index (κ3) is 2.66. The van der Waals surface area contributed by atoms with Gasteiger partial charge in [0.2, 0.25) is 5.28 Å². The maximum atomic E-state index is 5.93. The molecule has 0 amide bonds. The lowest BCUT2D eigenvalue weighted by Gasteiger charge is -2.07. The van der Waals surface area contributed by atoms with Gasteiger partial charge in [-0.25, -0.2) is 4.98 Å². The van der Waals surface area contributed by atoms with E-state index in [2.05, 4.69) is 55.0 Å². The fourth-order valence-electron chi connectivity index (χ4n) is 1.88. The van der Waals surface area contributed by atoms with Crippen molar-refractivity contribution in [2.24, 2.45) is 0 Å². The van der Waals surface area contributed by atoms with E-state index in [-0.39, 0.29) is 5.28 Å². The monoisotopic (exact) mass is 384 g/mol. The standard InChI is InChI=1S/C13H10ClIN4/c14-13-18-11(10-9(15)7-17-12(10)19-13)16-6-8-4-2-1-3-5-8/h1-5,7H,6H2,(H2,16,17,18,19). The Morgan fingerprint density at radius 2 is 2.00 bits per heavy atom. The number of anilines is 1. The molecule has 1 aromatic carbocycles. The summed E-state index contributed by atoms with van der Waals surface area (Å²) >= 11 is 8.18. The molecule has 2 heterocycles. The molecule has 0 fully saturated rings. The minimum Gasteiger partial charge on any atom is -0.365 e. The molecule has 0 spiro atoms. The Balaban J connectivity index is 1.94. The molecule has 0 aliphatic heterocycles. The second-order valence-electron chi connectivity index (χ2n) is 4.04. The van der Waals surface area contributed by atoms with E-state index in [1.807, 2.05) is 24.4 Å². The van der Waals surface area contributed by atoms with Crippen molar-refractivity contribution in [3.05, 3.63) is 50.9 Å². The smallest absolute Gasteiger partial charge is 0.226 e. The van der Waals surface area contributed by atoms with Crippen molar-refractivity contribution in [2.45, 2.75) is 6.54 Å². The fraction of sp³-hybridized carbons (Fsp3) is 0.0769. The van der Waals surface area contributed by atoms with Gasteiger partial charge >= 0.3 is 0 Å². The van der Waals surface area contributed by atoms with Gasteiger partial charge in [0.15, 0.2) is 0 Å². The number of hydrogen-bond donors (Lipinski definition) is 2. The number of benzene rings is 1. The summed E-state index contributed by atoms with van der Waals surface area (Å²) in [6, 6.07) is 10.2. The van der Waals surface area contributed by atoms with E-state index in [0.29, 0.717) is 6.54 Å². The molecule has 2 N–H and O–H groups in total. The minimum absolute atomic E-state index is 0.237. The summed E-state index contributed by atoms with van der Waals surface area (Å²) in [5, 5.41) is 4.52. The van der Waals surface area contributed by atoms with Crippen LogP contribution in [0.25, 0.3) is 11.0 Å². The van der Waals surface area contributed by atoms with Crippen LogP contribution in [0.2, 0.25) is 5.28 Å². The first kappa shape index (κ1) is 12.7. The summed E-state index contributed by atoms with van der Waals surface area (Å²) in [7, 11) is 0. The molecule has 19 heavy (non-hydrogen) atoms. The lowest BCUT2D eigenvalue weighted by Crippen LogP contribution is -2.03. The molecule has 0 atom stereocenters. The Morgan fingerprint density at radius 3 is 2.79 bits per heavy atom. The zero-order valence-electron chi connectivity index (χ0n) is 9.82. The molecule has 0 unspecified atom stereocenters. The molecule has 0 aliphatic rings. The van der Waals surface area contributed by atoms with Gasteiger partial charge in [0.25, 0.3) is 0 Å². The lowest BCUT2D eigenvalue weighted by atomic mass is 10.2. The van der Waals surface area contributed by atoms with E-state index >= 15 is 0 Å². The van der Waals surface area contributed by atoms with Gasteiger partial charge in [-0.3, -0.25) is 0 Å². The SMILES string of the molecule is Clc1nc(NCc2ccccc2)c2c(I)c[nH]c2n1. The van der Waals surface area contributed by atoms with E-state index in [4.69, 9.17) is 11.6 Å². The Hall–Kier alpha value is -1.34. The molecule has 0 saturated carbocycles. The van der Waals surface area contributed by atoms with E-state index < -0.39 is 0 Å². The summed E-state index contributed by atoms with van der Waals surface area (Å²) in [5.41, 5.74) is 1.94. The molecule has 6 heteroatoms. The van der Waals surface area contributed by atoms with Crippen LogP contribution in [-0.2, 0) is 6.54 Å². The number of hydrogen-bond acceptors (Lipinski definition) is 3. The van der Waals surface area contributed by atoms with E-state index in [0.717, 1.165) is 20.4 Å². The van der Waals surface area contributed by atoms with Crippen LogP contribution in [0.5, 0.6) is 0 Å². The average Bonchev–Trinajstić information content (AvgIpc) is 2.79. The highest BCUT2D eigenvalue weighted by molar-refractivity contribution is 14.1. The maximum absolute atomic E-state index is 5.93. The Bertz CT molecular complexity index is 711. The van der Waals surface area contributed by atoms with Gasteiger partial charge in [-0.1, -0.05) is 30.3 Å². The topological polar surface area (TPSA) is 53.6 Å². The highest BCUT2D eigenvalue weighted by Crippen LogP contribution is 2.26. The van der Waals surface area contributed by atoms with Gasteiger partial charge in [0.05, 0.1) is 5.39 Å². The largest absolute Gasteiger partial charge is 0.365 e. The van der Waals surface area contributed by atoms with Crippen molar-refractivity contribution < 1.29 is 0 Å². The van der Waals surface area contributed by atoms with Crippen LogP contribution in [0, 0.1) is 3.57 Å². The van der Waals surface area contributed by atoms with Crippen LogP contribution in [0.3, 0.4) is 0 Å². The Morgan fingerprint density at radius 1 is 1.21 bits per heavy atom. The van der Waals surface area contributed by atoms with Crippen molar-refractivity contribution in [3.63, 3.8) is 0 Å². The molecule has 4 nitrogen and oxygen atoms in total. The first-order chi connectivity index (χ1) is 9.24. The highest BCUT2D eigenvalue weighted by Gasteiger charge is 2.11. The molecular formula is C13H10ClIN4. The zero-order chi connectivity index (χ0) is 13.2. The van der Waals surface area contributed by atoms with E-state index in [9.17, 15) is 0 Å². The number of rotatable bonds is 3. The Labute approximate surface area is 128 Å². The first-order valence-corrected chi connectivity index (χ1v) is 7.17. The van der Waals surface area contributed by atoms with Crippen molar-refractivity contribution >= 4 is 51.0 Å². The van der Waals surface area contributed by atoms with Gasteiger partial charge in [-0.15, -0.1) is 0 Å². The molecule has 0 bridgehead atoms. The van der Waals surface area contributed by atoms with Crippen LogP contribution < -0.4 is 5.32 Å². The van der Waals surface area contributed by atoms with Gasteiger partial charge in [-0.2, -0.15) is 4.98 Å². The summed E-state index contributed by atoms with van der Waals surface area (Å²) in [5.74, 6) is 0.754. The molecule has 0 saturated heterocycles. The van der Waals surface area contributed by atoms with Crippen LogP contribution in [-0.4, -0.2) is 15.0 Å². The van der Waals surface area contributed by atoms with Gasteiger partial charge in [-0.05, 0) is 39.8 Å². The molecule has 0 aliphatic carbocycles. The first-order valence-electron chi connectivity index (χ1n) is 5.72. The van der Waals surface area contributed by atoms with Crippen molar-refractivity contribution in [1.29, 1.82) is 0 Å². The van der Waals surface area contributed by atoms with Crippen molar-refractivity contribution in [3.8, 4) is 0 Å². The fourth-order valence-corrected chi connectivity index (χ4v) is 2.71. The third-order valence-corrected chi connectivity index (χ3v) is 3.78. The molecule has 2 aromatic heterocycles. The highest BCUT2D eigenvalue weighted by atomic mass is 127. The van der Waals surface area contributed by atoms with Gasteiger partial charge < -0.3 is 10.3 Å². The van der Waals surface area contributed by atoms with Crippen LogP contribution >= 0.6 is 34.2 Å². The quantitative estimate of drug-likeness (QED) is 0.533. The predicted octanol–water partition coefficient (Wildman–Crippen LogP) is 3.83. The second kappa shape index (κ2) is 5.34. The predicted molar refractivity (Wildman–Crippen MR) is 85.4 cm³/mol. The normalized spacial score (nSPS) is 10.8. The van der Waals surface area contributed by atoms with Crippen molar-refractivity contribution in [1.82, 2.24) is 15.0 Å². The third-order valence-electron chi connectivity index (χ3n) is 2.76. The number of aromatic amines is 1. The zero-order valence-corrected chi connectivity index (χ0v) is 12.7. The number of nitrogens with zero attached hydrogens (tertiary/aromatic N) is 2. The van der Waals surface area contributed by atoms with Crippen molar-refractivity contribution in [2.75, 3.05) is 5.32 Å². The number of nitrogens with one attached hydrogen (secondary N) is 2. The molecule has 3 rings (SSSR count). The number of halogens is 2. The van der Waals surface area contributed by atoms with Crippen LogP contribution in [0.1, 0.15) is 5.56 Å². The minimum atomic E-state index is 0.237. The number of H-pyrrole nitrogens is 1. The van der Waals surface area contributed by atoms with Crippen LogP contribution in [0.15, 0.2) is 36.5 Å². The molecular weight excluding hydrogens is 375 g/mol. The molecule has 96 valence electrons. The van der Waals surface area contributed by atoms with Crippen LogP contribution in [0.4, 0.5) is 5.82 Å². The average molecular weight is 385 g/mol. The maximum Gasteiger partial charge on any atom is 0.226 e. The van der Waals surface area contributed by atoms with E-state index in [1.165, 1.54) is 5.56 Å². The summed E-state index contributed by atoms with van der Waals surface area (Å²) in [6.07, 6.45) is 1.89.